The number of rotatable bonds is 6. The van der Waals surface area contributed by atoms with Crippen molar-refractivity contribution in [2.75, 3.05) is 13.7 Å². The minimum absolute atomic E-state index is 0.230. The number of hydrogen-bond acceptors (Lipinski definition) is 4. The molecule has 0 fully saturated rings. The summed E-state index contributed by atoms with van der Waals surface area (Å²) in [5, 5.41) is 11.6. The van der Waals surface area contributed by atoms with Crippen LogP contribution in [0.15, 0.2) is 24.3 Å². The number of benzene rings is 1. The molecule has 16 heavy (non-hydrogen) atoms. The molecule has 1 atom stereocenters. The molecular formula is C11H16N2O3. The first-order valence-electron chi connectivity index (χ1n) is 4.96. The van der Waals surface area contributed by atoms with Crippen LogP contribution in [0.25, 0.3) is 0 Å². The second kappa shape index (κ2) is 6.09. The van der Waals surface area contributed by atoms with Gasteiger partial charge in [-0.25, -0.2) is 0 Å². The topological polar surface area (TPSA) is 84.6 Å². The number of aliphatic carboxylic acids is 1. The Bertz CT molecular complexity index is 355. The van der Waals surface area contributed by atoms with Gasteiger partial charge in [-0.15, -0.1) is 0 Å². The van der Waals surface area contributed by atoms with Gasteiger partial charge in [-0.2, -0.15) is 0 Å². The van der Waals surface area contributed by atoms with Crippen LogP contribution in [0, 0.1) is 0 Å². The van der Waals surface area contributed by atoms with Crippen LogP contribution in [0.4, 0.5) is 0 Å². The fourth-order valence-corrected chi connectivity index (χ4v) is 1.30. The van der Waals surface area contributed by atoms with E-state index in [0.717, 1.165) is 11.3 Å². The maximum absolute atomic E-state index is 10.5. The van der Waals surface area contributed by atoms with Crippen molar-refractivity contribution in [3.05, 3.63) is 29.8 Å². The molecule has 0 saturated carbocycles. The highest BCUT2D eigenvalue weighted by atomic mass is 16.5. The van der Waals surface area contributed by atoms with Crippen LogP contribution in [0.2, 0.25) is 0 Å². The van der Waals surface area contributed by atoms with Gasteiger partial charge in [-0.3, -0.25) is 4.79 Å². The lowest BCUT2D eigenvalue weighted by molar-refractivity contribution is -0.138. The summed E-state index contributed by atoms with van der Waals surface area (Å²) in [7, 11) is 1.60. The number of para-hydroxylation sites is 1. The SMILES string of the molecule is COc1ccccc1CNCC(N)C(=O)O. The van der Waals surface area contributed by atoms with Gasteiger partial charge in [-0.1, -0.05) is 18.2 Å². The zero-order valence-corrected chi connectivity index (χ0v) is 9.14. The quantitative estimate of drug-likeness (QED) is 0.642. The molecule has 1 aromatic rings. The van der Waals surface area contributed by atoms with E-state index in [4.69, 9.17) is 15.6 Å². The Kier molecular flexibility index (Phi) is 4.75. The summed E-state index contributed by atoms with van der Waals surface area (Å²) >= 11 is 0. The van der Waals surface area contributed by atoms with E-state index in [1.54, 1.807) is 7.11 Å². The lowest BCUT2D eigenvalue weighted by Gasteiger charge is -2.11. The molecular weight excluding hydrogens is 208 g/mol. The van der Waals surface area contributed by atoms with E-state index in [2.05, 4.69) is 5.32 Å². The Balaban J connectivity index is 2.45. The standard InChI is InChI=1S/C11H16N2O3/c1-16-10-5-3-2-4-8(10)6-13-7-9(12)11(14)15/h2-5,9,13H,6-7,12H2,1H3,(H,14,15). The second-order valence-corrected chi connectivity index (χ2v) is 3.39. The number of carboxylic acid groups (broad SMARTS) is 1. The number of nitrogens with two attached hydrogens (primary N) is 1. The molecule has 0 spiro atoms. The Morgan fingerprint density at radius 1 is 1.56 bits per heavy atom. The van der Waals surface area contributed by atoms with Gasteiger partial charge in [0.05, 0.1) is 7.11 Å². The van der Waals surface area contributed by atoms with Crippen molar-refractivity contribution in [2.45, 2.75) is 12.6 Å². The molecule has 0 radical (unpaired) electrons. The van der Waals surface area contributed by atoms with Gasteiger partial charge in [-0.05, 0) is 6.07 Å². The highest BCUT2D eigenvalue weighted by Gasteiger charge is 2.10. The van der Waals surface area contributed by atoms with Crippen molar-refractivity contribution in [2.24, 2.45) is 5.73 Å². The molecule has 4 N–H and O–H groups in total. The summed E-state index contributed by atoms with van der Waals surface area (Å²) < 4.78 is 5.16. The largest absolute Gasteiger partial charge is 0.496 e. The number of hydrogen-bond donors (Lipinski definition) is 3. The predicted molar refractivity (Wildman–Crippen MR) is 60.3 cm³/mol. The third kappa shape index (κ3) is 3.52. The first-order valence-corrected chi connectivity index (χ1v) is 4.96. The van der Waals surface area contributed by atoms with Crippen LogP contribution < -0.4 is 15.8 Å². The molecule has 5 heteroatoms. The van der Waals surface area contributed by atoms with Gasteiger partial charge < -0.3 is 20.9 Å². The van der Waals surface area contributed by atoms with Crippen molar-refractivity contribution >= 4 is 5.97 Å². The van der Waals surface area contributed by atoms with E-state index in [0.29, 0.717) is 6.54 Å². The number of nitrogens with one attached hydrogen (secondary N) is 1. The smallest absolute Gasteiger partial charge is 0.321 e. The van der Waals surface area contributed by atoms with E-state index in [9.17, 15) is 4.79 Å². The van der Waals surface area contributed by atoms with E-state index in [1.165, 1.54) is 0 Å². The lowest BCUT2D eigenvalue weighted by atomic mass is 10.2. The van der Waals surface area contributed by atoms with E-state index >= 15 is 0 Å². The Labute approximate surface area is 94.2 Å². The summed E-state index contributed by atoms with van der Waals surface area (Å²) in [5.41, 5.74) is 6.33. The Morgan fingerprint density at radius 2 is 2.25 bits per heavy atom. The minimum Gasteiger partial charge on any atom is -0.496 e. The highest BCUT2D eigenvalue weighted by molar-refractivity contribution is 5.73. The molecule has 88 valence electrons. The normalized spacial score (nSPS) is 12.1. The first kappa shape index (κ1) is 12.5. The van der Waals surface area contributed by atoms with Crippen LogP contribution in [-0.4, -0.2) is 30.8 Å². The van der Waals surface area contributed by atoms with Gasteiger partial charge in [0.2, 0.25) is 0 Å². The summed E-state index contributed by atoms with van der Waals surface area (Å²) in [4.78, 5) is 10.5. The van der Waals surface area contributed by atoms with Crippen LogP contribution in [0.5, 0.6) is 5.75 Å². The fourth-order valence-electron chi connectivity index (χ4n) is 1.30. The van der Waals surface area contributed by atoms with Gasteiger partial charge in [0.1, 0.15) is 11.8 Å². The molecule has 0 amide bonds. The molecule has 5 nitrogen and oxygen atoms in total. The molecule has 0 aromatic heterocycles. The third-order valence-electron chi connectivity index (χ3n) is 2.19. The molecule has 1 unspecified atom stereocenters. The highest BCUT2D eigenvalue weighted by Crippen LogP contribution is 2.16. The van der Waals surface area contributed by atoms with Crippen LogP contribution in [0.3, 0.4) is 0 Å². The van der Waals surface area contributed by atoms with Crippen molar-refractivity contribution in [3.8, 4) is 5.75 Å². The Hall–Kier alpha value is -1.59. The minimum atomic E-state index is -1.01. The summed E-state index contributed by atoms with van der Waals surface area (Å²) in [6, 6.07) is 6.67. The predicted octanol–water partition coefficient (Wildman–Crippen LogP) is 0.197. The average molecular weight is 224 g/mol. The van der Waals surface area contributed by atoms with Crippen LogP contribution >= 0.6 is 0 Å². The zero-order valence-electron chi connectivity index (χ0n) is 9.14. The number of carboxylic acids is 1. The molecule has 0 saturated heterocycles. The van der Waals surface area contributed by atoms with Crippen molar-refractivity contribution in [1.82, 2.24) is 5.32 Å². The molecule has 1 aromatic carbocycles. The van der Waals surface area contributed by atoms with Gasteiger partial charge >= 0.3 is 5.97 Å². The van der Waals surface area contributed by atoms with E-state index in [-0.39, 0.29) is 6.54 Å². The first-order chi connectivity index (χ1) is 7.65. The van der Waals surface area contributed by atoms with Gasteiger partial charge in [0.25, 0.3) is 0 Å². The molecule has 0 aliphatic heterocycles. The molecule has 0 aliphatic rings. The molecule has 0 heterocycles. The van der Waals surface area contributed by atoms with Crippen molar-refractivity contribution in [3.63, 3.8) is 0 Å². The molecule has 0 aliphatic carbocycles. The van der Waals surface area contributed by atoms with Gasteiger partial charge in [0.15, 0.2) is 0 Å². The second-order valence-electron chi connectivity index (χ2n) is 3.39. The fraction of sp³-hybridized carbons (Fsp3) is 0.364. The van der Waals surface area contributed by atoms with Crippen molar-refractivity contribution < 1.29 is 14.6 Å². The van der Waals surface area contributed by atoms with E-state index < -0.39 is 12.0 Å². The van der Waals surface area contributed by atoms with Crippen LogP contribution in [-0.2, 0) is 11.3 Å². The lowest BCUT2D eigenvalue weighted by Crippen LogP contribution is -2.40. The van der Waals surface area contributed by atoms with Crippen LogP contribution in [0.1, 0.15) is 5.56 Å². The van der Waals surface area contributed by atoms with E-state index in [1.807, 2.05) is 24.3 Å². The summed E-state index contributed by atoms with van der Waals surface area (Å²) in [6.45, 7) is 0.762. The number of ether oxygens (including phenoxy) is 1. The summed E-state index contributed by atoms with van der Waals surface area (Å²) in [5.74, 6) is -0.230. The number of carbonyl (C=O) groups is 1. The zero-order chi connectivity index (χ0) is 12.0. The third-order valence-corrected chi connectivity index (χ3v) is 2.19. The maximum Gasteiger partial charge on any atom is 0.321 e. The monoisotopic (exact) mass is 224 g/mol. The summed E-state index contributed by atoms with van der Waals surface area (Å²) in [6.07, 6.45) is 0. The Morgan fingerprint density at radius 3 is 2.88 bits per heavy atom. The number of methoxy groups -OCH3 is 1. The average Bonchev–Trinajstić information content (AvgIpc) is 2.29. The van der Waals surface area contributed by atoms with Crippen molar-refractivity contribution in [1.29, 1.82) is 0 Å². The maximum atomic E-state index is 10.5. The molecule has 0 bridgehead atoms. The van der Waals surface area contributed by atoms with Gasteiger partial charge in [0, 0.05) is 18.7 Å². The molecule has 1 rings (SSSR count).